The predicted octanol–water partition coefficient (Wildman–Crippen LogP) is 14.4. The van der Waals surface area contributed by atoms with Crippen molar-refractivity contribution in [1.82, 2.24) is 0 Å². The summed E-state index contributed by atoms with van der Waals surface area (Å²) < 4.78 is 0. The molecule has 3 aliphatic rings. The van der Waals surface area contributed by atoms with E-state index < -0.39 is 0 Å². The fourth-order valence-electron chi connectivity index (χ4n) is 9.82. The third-order valence-electron chi connectivity index (χ3n) is 12.5. The van der Waals surface area contributed by atoms with Crippen molar-refractivity contribution in [2.24, 2.45) is 0 Å². The van der Waals surface area contributed by atoms with Gasteiger partial charge in [0.05, 0.1) is 5.69 Å². The minimum Gasteiger partial charge on any atom is -0.310 e. The molecule has 9 rings (SSSR count). The summed E-state index contributed by atoms with van der Waals surface area (Å²) in [5, 5.41) is 2.77. The SMILES string of the molecule is CC1(C)c2cc(N(c3ccc(C4CCCCC4)cc3)c3cccc4cccc(C5CCCCC5)c34)ccc2-c2c(-c3ccccc3)cccc21. The Morgan fingerprint density at radius 3 is 1.92 bits per heavy atom. The fourth-order valence-corrected chi connectivity index (χ4v) is 9.82. The van der Waals surface area contributed by atoms with Crippen molar-refractivity contribution in [2.45, 2.75) is 95.3 Å². The van der Waals surface area contributed by atoms with Crippen LogP contribution in [0.4, 0.5) is 17.1 Å². The van der Waals surface area contributed by atoms with Crippen LogP contribution in [0.3, 0.4) is 0 Å². The van der Waals surface area contributed by atoms with Crippen molar-refractivity contribution in [3.8, 4) is 22.3 Å². The number of anilines is 3. The molecule has 0 aromatic heterocycles. The molecule has 50 heavy (non-hydrogen) atoms. The Hall–Kier alpha value is -4.62. The van der Waals surface area contributed by atoms with Crippen molar-refractivity contribution in [1.29, 1.82) is 0 Å². The Bertz CT molecular complexity index is 2140. The molecule has 2 saturated carbocycles. The topological polar surface area (TPSA) is 3.24 Å². The van der Waals surface area contributed by atoms with E-state index in [9.17, 15) is 0 Å². The molecule has 0 bridgehead atoms. The molecule has 0 heterocycles. The van der Waals surface area contributed by atoms with Gasteiger partial charge in [-0.2, -0.15) is 0 Å². The number of fused-ring (bicyclic) bond motifs is 4. The van der Waals surface area contributed by atoms with Gasteiger partial charge >= 0.3 is 0 Å². The van der Waals surface area contributed by atoms with Crippen LogP contribution < -0.4 is 4.90 Å². The molecule has 0 aliphatic heterocycles. The molecule has 0 N–H and O–H groups in total. The van der Waals surface area contributed by atoms with Crippen molar-refractivity contribution in [2.75, 3.05) is 4.90 Å². The van der Waals surface area contributed by atoms with Crippen LogP contribution in [-0.2, 0) is 5.41 Å². The molecule has 1 heteroatoms. The van der Waals surface area contributed by atoms with E-state index in [2.05, 4.69) is 146 Å². The molecule has 6 aromatic rings. The Kier molecular flexibility index (Phi) is 8.11. The quantitative estimate of drug-likeness (QED) is 0.173. The lowest BCUT2D eigenvalue weighted by Gasteiger charge is -2.31. The molecular formula is C49H49N. The highest BCUT2D eigenvalue weighted by Gasteiger charge is 2.37. The maximum Gasteiger partial charge on any atom is 0.0542 e. The van der Waals surface area contributed by atoms with E-state index in [4.69, 9.17) is 0 Å². The summed E-state index contributed by atoms with van der Waals surface area (Å²) in [4.78, 5) is 2.58. The summed E-state index contributed by atoms with van der Waals surface area (Å²) in [6.07, 6.45) is 13.4. The molecule has 0 radical (unpaired) electrons. The molecule has 0 saturated heterocycles. The van der Waals surface area contributed by atoms with Crippen molar-refractivity contribution >= 4 is 27.8 Å². The van der Waals surface area contributed by atoms with E-state index in [1.165, 1.54) is 137 Å². The summed E-state index contributed by atoms with van der Waals surface area (Å²) in [6.45, 7) is 4.83. The van der Waals surface area contributed by atoms with Crippen LogP contribution in [0.2, 0.25) is 0 Å². The molecule has 1 nitrogen and oxygen atoms in total. The van der Waals surface area contributed by atoms with Crippen molar-refractivity contribution < 1.29 is 0 Å². The van der Waals surface area contributed by atoms with Gasteiger partial charge in [-0.3, -0.25) is 0 Å². The van der Waals surface area contributed by atoms with Crippen LogP contribution in [0, 0.1) is 0 Å². The maximum absolute atomic E-state index is 2.58. The zero-order chi connectivity index (χ0) is 33.7. The summed E-state index contributed by atoms with van der Waals surface area (Å²) in [6, 6.07) is 48.8. The van der Waals surface area contributed by atoms with E-state index in [0.717, 1.165) is 0 Å². The molecular weight excluding hydrogens is 603 g/mol. The molecule has 0 unspecified atom stereocenters. The third kappa shape index (κ3) is 5.38. The highest BCUT2D eigenvalue weighted by Crippen LogP contribution is 2.54. The second kappa shape index (κ2) is 12.9. The highest BCUT2D eigenvalue weighted by atomic mass is 15.1. The normalized spacial score (nSPS) is 17.4. The second-order valence-electron chi connectivity index (χ2n) is 15.8. The second-order valence-corrected chi connectivity index (χ2v) is 15.8. The minimum atomic E-state index is -0.117. The first-order valence-corrected chi connectivity index (χ1v) is 19.3. The van der Waals surface area contributed by atoms with E-state index in [1.54, 1.807) is 0 Å². The lowest BCUT2D eigenvalue weighted by Crippen LogP contribution is -2.17. The average molecular weight is 652 g/mol. The summed E-state index contributed by atoms with van der Waals surface area (Å²) in [7, 11) is 0. The number of hydrogen-bond donors (Lipinski definition) is 0. The number of nitrogens with zero attached hydrogens (tertiary/aromatic N) is 1. The first-order chi connectivity index (χ1) is 24.6. The highest BCUT2D eigenvalue weighted by molar-refractivity contribution is 6.02. The Morgan fingerprint density at radius 2 is 1.18 bits per heavy atom. The van der Waals surface area contributed by atoms with Crippen LogP contribution >= 0.6 is 0 Å². The third-order valence-corrected chi connectivity index (χ3v) is 12.5. The summed E-state index contributed by atoms with van der Waals surface area (Å²) >= 11 is 0. The standard InChI is InChI=1S/C49H49N/c1-49(2)44-25-14-24-42(37-19-10-5-11-20-37)48(44)43-32-31-40(33-45(43)49)50(39-29-27-35(28-30-39)34-15-6-3-7-16-34)46-26-13-22-38-21-12-23-41(47(38)46)36-17-8-4-9-18-36/h5,10-14,19-34,36H,3-4,6-9,15-18H2,1-2H3. The van der Waals surface area contributed by atoms with Gasteiger partial charge in [0, 0.05) is 22.2 Å². The molecule has 2 fully saturated rings. The van der Waals surface area contributed by atoms with Gasteiger partial charge in [-0.25, -0.2) is 0 Å². The van der Waals surface area contributed by atoms with Gasteiger partial charge in [0.1, 0.15) is 0 Å². The first-order valence-electron chi connectivity index (χ1n) is 19.3. The fraction of sp³-hybridized carbons (Fsp3) is 0.306. The van der Waals surface area contributed by atoms with Crippen molar-refractivity contribution in [3.63, 3.8) is 0 Å². The van der Waals surface area contributed by atoms with Gasteiger partial charge in [0.15, 0.2) is 0 Å². The zero-order valence-electron chi connectivity index (χ0n) is 29.8. The van der Waals surface area contributed by atoms with E-state index >= 15 is 0 Å². The van der Waals surface area contributed by atoms with Crippen LogP contribution in [0.1, 0.15) is 112 Å². The lowest BCUT2D eigenvalue weighted by atomic mass is 9.81. The molecule has 0 amide bonds. The molecule has 0 spiro atoms. The largest absolute Gasteiger partial charge is 0.310 e. The van der Waals surface area contributed by atoms with Crippen molar-refractivity contribution in [3.05, 3.63) is 150 Å². The smallest absolute Gasteiger partial charge is 0.0542 e. The lowest BCUT2D eigenvalue weighted by molar-refractivity contribution is 0.443. The van der Waals surface area contributed by atoms with E-state index in [1.807, 2.05) is 0 Å². The average Bonchev–Trinajstić information content (AvgIpc) is 3.41. The van der Waals surface area contributed by atoms with Crippen LogP contribution in [0.5, 0.6) is 0 Å². The molecule has 0 atom stereocenters. The van der Waals surface area contributed by atoms with Gasteiger partial charge in [-0.05, 0) is 118 Å². The molecule has 3 aliphatic carbocycles. The number of benzene rings is 6. The number of rotatable bonds is 6. The van der Waals surface area contributed by atoms with Gasteiger partial charge in [0.25, 0.3) is 0 Å². The first kappa shape index (κ1) is 31.4. The van der Waals surface area contributed by atoms with Crippen LogP contribution in [0.15, 0.2) is 127 Å². The Balaban J connectivity index is 1.23. The van der Waals surface area contributed by atoms with Crippen LogP contribution in [-0.4, -0.2) is 0 Å². The minimum absolute atomic E-state index is 0.117. The Labute approximate surface area is 299 Å². The van der Waals surface area contributed by atoms with E-state index in [0.29, 0.717) is 11.8 Å². The molecule has 6 aromatic carbocycles. The maximum atomic E-state index is 2.58. The predicted molar refractivity (Wildman–Crippen MR) is 213 cm³/mol. The van der Waals surface area contributed by atoms with Crippen LogP contribution in [0.25, 0.3) is 33.0 Å². The summed E-state index contributed by atoms with van der Waals surface area (Å²) in [5.41, 5.74) is 14.9. The zero-order valence-corrected chi connectivity index (χ0v) is 29.8. The number of hydrogen-bond acceptors (Lipinski definition) is 1. The van der Waals surface area contributed by atoms with Gasteiger partial charge < -0.3 is 4.90 Å². The monoisotopic (exact) mass is 651 g/mol. The summed E-state index contributed by atoms with van der Waals surface area (Å²) in [5.74, 6) is 1.31. The van der Waals surface area contributed by atoms with Gasteiger partial charge in [-0.1, -0.05) is 149 Å². The van der Waals surface area contributed by atoms with Gasteiger partial charge in [0.2, 0.25) is 0 Å². The van der Waals surface area contributed by atoms with Gasteiger partial charge in [-0.15, -0.1) is 0 Å². The Morgan fingerprint density at radius 1 is 0.520 bits per heavy atom. The molecule has 250 valence electrons. The van der Waals surface area contributed by atoms with E-state index in [-0.39, 0.29) is 5.41 Å².